The first kappa shape index (κ1) is 21.4. The van der Waals surface area contributed by atoms with Gasteiger partial charge in [0.2, 0.25) is 0 Å². The van der Waals surface area contributed by atoms with E-state index >= 15 is 0 Å². The number of carbonyl (C=O) groups is 1. The number of nitro groups is 1. The molecule has 0 spiro atoms. The molecule has 8 nitrogen and oxygen atoms in total. The van der Waals surface area contributed by atoms with Crippen LogP contribution in [0.15, 0.2) is 36.4 Å². The van der Waals surface area contributed by atoms with Crippen LogP contribution in [0.3, 0.4) is 0 Å². The molecule has 0 N–H and O–H groups in total. The zero-order valence-electron chi connectivity index (χ0n) is 17.0. The van der Waals surface area contributed by atoms with Gasteiger partial charge in [0.1, 0.15) is 11.4 Å². The van der Waals surface area contributed by atoms with Gasteiger partial charge >= 0.3 is 0 Å². The van der Waals surface area contributed by atoms with Gasteiger partial charge in [-0.05, 0) is 37.6 Å². The second-order valence-electron chi connectivity index (χ2n) is 6.82. The standard InChI is InChI=1S/C21H24FN3O5/c1-3-30-20-13-17(18(25(27)28)14-19(20)29-2)21(26)24-10-4-9-23(11-12-24)16-7-5-15(22)6-8-16/h5-8,13-14H,3-4,9-12H2,1-2H3. The van der Waals surface area contributed by atoms with Crippen molar-refractivity contribution in [1.29, 1.82) is 0 Å². The Morgan fingerprint density at radius 1 is 1.13 bits per heavy atom. The highest BCUT2D eigenvalue weighted by atomic mass is 19.1. The van der Waals surface area contributed by atoms with Crippen molar-refractivity contribution >= 4 is 17.3 Å². The first-order valence-electron chi connectivity index (χ1n) is 9.73. The molecule has 1 amide bonds. The Morgan fingerprint density at radius 2 is 1.87 bits per heavy atom. The van der Waals surface area contributed by atoms with E-state index in [9.17, 15) is 19.3 Å². The van der Waals surface area contributed by atoms with E-state index in [2.05, 4.69) is 4.90 Å². The van der Waals surface area contributed by atoms with Crippen molar-refractivity contribution in [3.05, 3.63) is 57.9 Å². The SMILES string of the molecule is CCOc1cc(C(=O)N2CCCN(c3ccc(F)cc3)CC2)c([N+](=O)[O-])cc1OC. The van der Waals surface area contributed by atoms with E-state index in [4.69, 9.17) is 9.47 Å². The van der Waals surface area contributed by atoms with Gasteiger partial charge in [0.25, 0.3) is 11.6 Å². The molecule has 1 fully saturated rings. The zero-order valence-corrected chi connectivity index (χ0v) is 17.0. The molecule has 1 heterocycles. The summed E-state index contributed by atoms with van der Waals surface area (Å²) in [4.78, 5) is 27.8. The molecule has 3 rings (SSSR count). The second kappa shape index (κ2) is 9.43. The number of hydrogen-bond acceptors (Lipinski definition) is 6. The average Bonchev–Trinajstić information content (AvgIpc) is 3.00. The quantitative estimate of drug-likeness (QED) is 0.528. The molecular weight excluding hydrogens is 393 g/mol. The molecule has 1 aliphatic rings. The lowest BCUT2D eigenvalue weighted by Crippen LogP contribution is -2.35. The van der Waals surface area contributed by atoms with E-state index < -0.39 is 10.8 Å². The van der Waals surface area contributed by atoms with Crippen molar-refractivity contribution in [2.75, 3.05) is 44.8 Å². The Hall–Kier alpha value is -3.36. The van der Waals surface area contributed by atoms with E-state index in [1.54, 1.807) is 24.0 Å². The molecule has 0 aliphatic carbocycles. The van der Waals surface area contributed by atoms with Crippen molar-refractivity contribution in [2.45, 2.75) is 13.3 Å². The van der Waals surface area contributed by atoms with Gasteiger partial charge in [-0.2, -0.15) is 0 Å². The van der Waals surface area contributed by atoms with Crippen LogP contribution in [0.25, 0.3) is 0 Å². The van der Waals surface area contributed by atoms with Crippen LogP contribution in [0.2, 0.25) is 0 Å². The Bertz CT molecular complexity index is 920. The Labute approximate surface area is 173 Å². The predicted octanol–water partition coefficient (Wildman–Crippen LogP) is 3.49. The summed E-state index contributed by atoms with van der Waals surface area (Å²) in [6.07, 6.45) is 0.686. The van der Waals surface area contributed by atoms with Crippen molar-refractivity contribution in [3.8, 4) is 11.5 Å². The van der Waals surface area contributed by atoms with Crippen LogP contribution in [0.1, 0.15) is 23.7 Å². The van der Waals surface area contributed by atoms with Gasteiger partial charge in [-0.15, -0.1) is 0 Å². The third-order valence-electron chi connectivity index (χ3n) is 4.98. The van der Waals surface area contributed by atoms with Crippen molar-refractivity contribution in [2.24, 2.45) is 0 Å². The van der Waals surface area contributed by atoms with Gasteiger partial charge in [-0.1, -0.05) is 0 Å². The topological polar surface area (TPSA) is 85.2 Å². The van der Waals surface area contributed by atoms with Gasteiger partial charge in [0.05, 0.1) is 24.7 Å². The number of ether oxygens (including phenoxy) is 2. The summed E-state index contributed by atoms with van der Waals surface area (Å²) in [7, 11) is 1.39. The molecule has 1 saturated heterocycles. The molecule has 2 aromatic rings. The molecule has 9 heteroatoms. The van der Waals surface area contributed by atoms with Crippen LogP contribution < -0.4 is 14.4 Å². The summed E-state index contributed by atoms with van der Waals surface area (Å²) in [6, 6.07) is 8.82. The van der Waals surface area contributed by atoms with Gasteiger partial charge in [-0.3, -0.25) is 14.9 Å². The molecule has 0 aromatic heterocycles. The number of hydrogen-bond donors (Lipinski definition) is 0. The minimum absolute atomic E-state index is 0.0283. The van der Waals surface area contributed by atoms with E-state index in [1.165, 1.54) is 31.4 Å². The molecular formula is C21H24FN3O5. The molecule has 1 aliphatic heterocycles. The fourth-order valence-corrected chi connectivity index (χ4v) is 3.50. The van der Waals surface area contributed by atoms with Gasteiger partial charge < -0.3 is 19.3 Å². The minimum atomic E-state index is -0.589. The summed E-state index contributed by atoms with van der Waals surface area (Å²) < 4.78 is 23.9. The summed E-state index contributed by atoms with van der Waals surface area (Å²) in [5.41, 5.74) is 0.527. The maximum Gasteiger partial charge on any atom is 0.286 e. The molecule has 0 atom stereocenters. The average molecular weight is 417 g/mol. The normalized spacial score (nSPS) is 14.2. The molecule has 0 radical (unpaired) electrons. The Kier molecular flexibility index (Phi) is 6.71. The zero-order chi connectivity index (χ0) is 21.7. The van der Waals surface area contributed by atoms with Crippen LogP contribution in [-0.2, 0) is 0 Å². The number of methoxy groups -OCH3 is 1. The van der Waals surface area contributed by atoms with Crippen LogP contribution in [0.4, 0.5) is 15.8 Å². The number of benzene rings is 2. The smallest absolute Gasteiger partial charge is 0.286 e. The fourth-order valence-electron chi connectivity index (χ4n) is 3.50. The summed E-state index contributed by atoms with van der Waals surface area (Å²) in [5.74, 6) is -0.233. The molecule has 30 heavy (non-hydrogen) atoms. The van der Waals surface area contributed by atoms with E-state index in [0.717, 1.165) is 5.69 Å². The third-order valence-corrected chi connectivity index (χ3v) is 4.98. The number of halogens is 1. The largest absolute Gasteiger partial charge is 0.493 e. The fraction of sp³-hybridized carbons (Fsp3) is 0.381. The maximum atomic E-state index is 13.2. The minimum Gasteiger partial charge on any atom is -0.493 e. The first-order valence-corrected chi connectivity index (χ1v) is 9.73. The highest BCUT2D eigenvalue weighted by Gasteiger charge is 2.29. The Morgan fingerprint density at radius 3 is 2.50 bits per heavy atom. The van der Waals surface area contributed by atoms with Crippen molar-refractivity contribution in [3.63, 3.8) is 0 Å². The van der Waals surface area contributed by atoms with Crippen molar-refractivity contribution in [1.82, 2.24) is 4.90 Å². The van der Waals surface area contributed by atoms with E-state index in [0.29, 0.717) is 39.2 Å². The third kappa shape index (κ3) is 4.61. The summed E-state index contributed by atoms with van der Waals surface area (Å²) in [5, 5.41) is 11.6. The van der Waals surface area contributed by atoms with E-state index in [1.807, 2.05) is 0 Å². The van der Waals surface area contributed by atoms with Crippen molar-refractivity contribution < 1.29 is 23.6 Å². The number of nitro benzene ring substituents is 1. The number of rotatable bonds is 6. The highest BCUT2D eigenvalue weighted by Crippen LogP contribution is 2.35. The number of carbonyl (C=O) groups excluding carboxylic acids is 1. The number of nitrogens with zero attached hydrogens (tertiary/aromatic N) is 3. The molecule has 160 valence electrons. The maximum absolute atomic E-state index is 13.2. The van der Waals surface area contributed by atoms with Crippen LogP contribution >= 0.6 is 0 Å². The lowest BCUT2D eigenvalue weighted by Gasteiger charge is -2.24. The first-order chi connectivity index (χ1) is 14.4. The summed E-state index contributed by atoms with van der Waals surface area (Å²) in [6.45, 7) is 4.20. The molecule has 0 unspecified atom stereocenters. The van der Waals surface area contributed by atoms with Gasteiger partial charge in [0.15, 0.2) is 11.5 Å². The molecule has 0 bridgehead atoms. The van der Waals surface area contributed by atoms with E-state index in [-0.39, 0.29) is 28.6 Å². The second-order valence-corrected chi connectivity index (χ2v) is 6.82. The van der Waals surface area contributed by atoms with Gasteiger partial charge in [-0.25, -0.2) is 4.39 Å². The highest BCUT2D eigenvalue weighted by molar-refractivity contribution is 5.99. The lowest BCUT2D eigenvalue weighted by atomic mass is 10.1. The molecule has 2 aromatic carbocycles. The predicted molar refractivity (Wildman–Crippen MR) is 110 cm³/mol. The Balaban J connectivity index is 1.84. The summed E-state index contributed by atoms with van der Waals surface area (Å²) >= 11 is 0. The lowest BCUT2D eigenvalue weighted by molar-refractivity contribution is -0.385. The van der Waals surface area contributed by atoms with Crippen LogP contribution in [0.5, 0.6) is 11.5 Å². The van der Waals surface area contributed by atoms with Crippen LogP contribution in [-0.4, -0.2) is 55.6 Å². The molecule has 0 saturated carbocycles. The van der Waals surface area contributed by atoms with Crippen LogP contribution in [0, 0.1) is 15.9 Å². The monoisotopic (exact) mass is 417 g/mol. The van der Waals surface area contributed by atoms with Gasteiger partial charge in [0, 0.05) is 37.9 Å². The number of amides is 1. The number of anilines is 1.